The summed E-state index contributed by atoms with van der Waals surface area (Å²) in [5.74, 6) is -0.227. The van der Waals surface area contributed by atoms with Crippen LogP contribution < -0.4 is 14.8 Å². The summed E-state index contributed by atoms with van der Waals surface area (Å²) in [4.78, 5) is 12.4. The highest BCUT2D eigenvalue weighted by atomic mass is 32.2. The number of halogens is 1. The number of carbonyl (C=O) groups is 1. The third-order valence-corrected chi connectivity index (χ3v) is 4.78. The van der Waals surface area contributed by atoms with Crippen molar-refractivity contribution in [2.45, 2.75) is 12.3 Å². The normalized spacial score (nSPS) is 18.9. The molecule has 0 heterocycles. The number of hydrogen-bond acceptors (Lipinski definition) is 4. The lowest BCUT2D eigenvalue weighted by Gasteiger charge is -2.12. The molecule has 0 radical (unpaired) electrons. The van der Waals surface area contributed by atoms with E-state index in [9.17, 15) is 17.6 Å². The Labute approximate surface area is 151 Å². The summed E-state index contributed by atoms with van der Waals surface area (Å²) in [6, 6.07) is 10.9. The van der Waals surface area contributed by atoms with Gasteiger partial charge in [0.25, 0.3) is 0 Å². The van der Waals surface area contributed by atoms with Crippen LogP contribution in [0.5, 0.6) is 5.75 Å². The average molecular weight is 378 g/mol. The van der Waals surface area contributed by atoms with Gasteiger partial charge in [-0.2, -0.15) is 0 Å². The van der Waals surface area contributed by atoms with Gasteiger partial charge >= 0.3 is 0 Å². The van der Waals surface area contributed by atoms with Gasteiger partial charge in [0, 0.05) is 11.6 Å². The Morgan fingerprint density at radius 3 is 2.50 bits per heavy atom. The molecule has 0 bridgehead atoms. The molecule has 0 saturated heterocycles. The molecule has 138 valence electrons. The SMILES string of the molecule is COc1ccc(NC(=O)[C@H]2C[C@H]2c2ccc(F)cc2)cc1NS(C)(=O)=O. The average Bonchev–Trinajstić information content (AvgIpc) is 3.35. The monoisotopic (exact) mass is 378 g/mol. The molecular formula is C18H19FN2O4S. The molecule has 0 aromatic heterocycles. The van der Waals surface area contributed by atoms with Crippen LogP contribution in [0.4, 0.5) is 15.8 Å². The van der Waals surface area contributed by atoms with Crippen molar-refractivity contribution in [2.75, 3.05) is 23.4 Å². The van der Waals surface area contributed by atoms with Crippen LogP contribution in [0.25, 0.3) is 0 Å². The van der Waals surface area contributed by atoms with Gasteiger partial charge in [-0.3, -0.25) is 9.52 Å². The van der Waals surface area contributed by atoms with E-state index in [1.807, 2.05) is 0 Å². The Balaban J connectivity index is 1.70. The number of anilines is 2. The lowest BCUT2D eigenvalue weighted by molar-refractivity contribution is -0.117. The smallest absolute Gasteiger partial charge is 0.229 e. The molecule has 1 aliphatic rings. The number of nitrogens with one attached hydrogen (secondary N) is 2. The van der Waals surface area contributed by atoms with Crippen molar-refractivity contribution in [3.63, 3.8) is 0 Å². The lowest BCUT2D eigenvalue weighted by Crippen LogP contribution is -2.15. The van der Waals surface area contributed by atoms with E-state index in [0.717, 1.165) is 11.8 Å². The number of carbonyl (C=O) groups excluding carboxylic acids is 1. The summed E-state index contributed by atoms with van der Waals surface area (Å²) in [6.45, 7) is 0. The summed E-state index contributed by atoms with van der Waals surface area (Å²) in [5.41, 5.74) is 1.64. The molecule has 0 unspecified atom stereocenters. The van der Waals surface area contributed by atoms with Crippen LogP contribution in [-0.2, 0) is 14.8 Å². The van der Waals surface area contributed by atoms with Crippen molar-refractivity contribution < 1.29 is 22.3 Å². The Morgan fingerprint density at radius 2 is 1.88 bits per heavy atom. The van der Waals surface area contributed by atoms with Crippen LogP contribution in [0.3, 0.4) is 0 Å². The van der Waals surface area contributed by atoms with Crippen molar-refractivity contribution in [3.8, 4) is 5.75 Å². The number of methoxy groups -OCH3 is 1. The predicted octanol–water partition coefficient (Wildman–Crippen LogP) is 2.95. The van der Waals surface area contributed by atoms with Crippen molar-refractivity contribution >= 4 is 27.3 Å². The van der Waals surface area contributed by atoms with E-state index in [-0.39, 0.29) is 29.2 Å². The summed E-state index contributed by atoms with van der Waals surface area (Å²) < 4.78 is 43.4. The molecule has 2 aromatic rings. The maximum absolute atomic E-state index is 13.0. The molecule has 2 aromatic carbocycles. The van der Waals surface area contributed by atoms with Gasteiger partial charge in [0.2, 0.25) is 15.9 Å². The quantitative estimate of drug-likeness (QED) is 0.809. The first-order valence-corrected chi connectivity index (χ1v) is 9.88. The van der Waals surface area contributed by atoms with E-state index in [1.165, 1.54) is 25.3 Å². The van der Waals surface area contributed by atoms with Gasteiger partial charge in [-0.25, -0.2) is 12.8 Å². The molecule has 8 heteroatoms. The van der Waals surface area contributed by atoms with E-state index in [1.54, 1.807) is 24.3 Å². The number of benzene rings is 2. The Morgan fingerprint density at radius 1 is 1.19 bits per heavy atom. The standard InChI is InChI=1S/C18H19FN2O4S/c1-25-17-8-7-13(9-16(17)21-26(2,23)24)20-18(22)15-10-14(15)11-3-5-12(19)6-4-11/h3-9,14-15,21H,10H2,1-2H3,(H,20,22)/t14-,15-/m0/s1. The minimum Gasteiger partial charge on any atom is -0.495 e. The fourth-order valence-corrected chi connectivity index (χ4v) is 3.42. The minimum atomic E-state index is -3.48. The zero-order valence-corrected chi connectivity index (χ0v) is 15.1. The second-order valence-electron chi connectivity index (χ2n) is 6.28. The van der Waals surface area contributed by atoms with Crippen LogP contribution in [-0.4, -0.2) is 27.7 Å². The Kier molecular flexibility index (Phi) is 4.86. The van der Waals surface area contributed by atoms with Crippen molar-refractivity contribution in [1.82, 2.24) is 0 Å². The number of ether oxygens (including phenoxy) is 1. The highest BCUT2D eigenvalue weighted by Gasteiger charge is 2.43. The minimum absolute atomic E-state index is 0.0717. The molecule has 6 nitrogen and oxygen atoms in total. The molecule has 1 saturated carbocycles. The van der Waals surface area contributed by atoms with E-state index < -0.39 is 10.0 Å². The van der Waals surface area contributed by atoms with Crippen molar-refractivity contribution in [2.24, 2.45) is 5.92 Å². The van der Waals surface area contributed by atoms with Crippen LogP contribution in [0.1, 0.15) is 17.9 Å². The topological polar surface area (TPSA) is 84.5 Å². The maximum Gasteiger partial charge on any atom is 0.229 e. The third kappa shape index (κ3) is 4.32. The van der Waals surface area contributed by atoms with Crippen LogP contribution >= 0.6 is 0 Å². The van der Waals surface area contributed by atoms with Gasteiger partial charge in [0.05, 0.1) is 19.1 Å². The fraction of sp³-hybridized carbons (Fsp3) is 0.278. The van der Waals surface area contributed by atoms with E-state index >= 15 is 0 Å². The summed E-state index contributed by atoms with van der Waals surface area (Å²) >= 11 is 0. The maximum atomic E-state index is 13.0. The number of amides is 1. The van der Waals surface area contributed by atoms with E-state index in [2.05, 4.69) is 10.0 Å². The first-order valence-electron chi connectivity index (χ1n) is 7.99. The number of rotatable bonds is 6. The molecule has 0 spiro atoms. The van der Waals surface area contributed by atoms with Gasteiger partial charge in [-0.1, -0.05) is 12.1 Å². The molecule has 1 aliphatic carbocycles. The molecular weight excluding hydrogens is 359 g/mol. The molecule has 1 fully saturated rings. The van der Waals surface area contributed by atoms with Gasteiger partial charge < -0.3 is 10.1 Å². The van der Waals surface area contributed by atoms with E-state index in [0.29, 0.717) is 17.9 Å². The molecule has 2 atom stereocenters. The third-order valence-electron chi connectivity index (χ3n) is 4.19. The molecule has 3 rings (SSSR count). The summed E-state index contributed by atoms with van der Waals surface area (Å²) in [5, 5.41) is 2.79. The molecule has 1 amide bonds. The zero-order chi connectivity index (χ0) is 18.9. The molecule has 2 N–H and O–H groups in total. The fourth-order valence-electron chi connectivity index (χ4n) is 2.86. The van der Waals surface area contributed by atoms with Gasteiger partial charge in [-0.15, -0.1) is 0 Å². The second-order valence-corrected chi connectivity index (χ2v) is 8.03. The number of hydrogen-bond donors (Lipinski definition) is 2. The Hall–Kier alpha value is -2.61. The first-order chi connectivity index (χ1) is 12.3. The predicted molar refractivity (Wildman–Crippen MR) is 97.3 cm³/mol. The van der Waals surface area contributed by atoms with Crippen molar-refractivity contribution in [1.29, 1.82) is 0 Å². The van der Waals surface area contributed by atoms with Crippen LogP contribution in [0.2, 0.25) is 0 Å². The highest BCUT2D eigenvalue weighted by molar-refractivity contribution is 7.92. The molecule has 0 aliphatic heterocycles. The zero-order valence-electron chi connectivity index (χ0n) is 14.3. The summed E-state index contributed by atoms with van der Waals surface area (Å²) in [6.07, 6.45) is 1.73. The second kappa shape index (κ2) is 6.95. The largest absolute Gasteiger partial charge is 0.495 e. The van der Waals surface area contributed by atoms with Gasteiger partial charge in [-0.05, 0) is 48.2 Å². The molecule has 26 heavy (non-hydrogen) atoms. The van der Waals surface area contributed by atoms with Gasteiger partial charge in [0.1, 0.15) is 11.6 Å². The lowest BCUT2D eigenvalue weighted by atomic mass is 10.1. The first kappa shape index (κ1) is 18.2. The summed E-state index contributed by atoms with van der Waals surface area (Å²) in [7, 11) is -2.05. The number of sulfonamides is 1. The van der Waals surface area contributed by atoms with Crippen LogP contribution in [0, 0.1) is 11.7 Å². The Bertz CT molecular complexity index is 929. The van der Waals surface area contributed by atoms with E-state index in [4.69, 9.17) is 4.74 Å². The van der Waals surface area contributed by atoms with Gasteiger partial charge in [0.15, 0.2) is 0 Å². The van der Waals surface area contributed by atoms with Crippen molar-refractivity contribution in [3.05, 3.63) is 53.8 Å². The highest BCUT2D eigenvalue weighted by Crippen LogP contribution is 2.48. The van der Waals surface area contributed by atoms with Crippen LogP contribution in [0.15, 0.2) is 42.5 Å².